The molecular formula is C71H65BN2O. The van der Waals surface area contributed by atoms with Crippen LogP contribution in [0.1, 0.15) is 120 Å². The van der Waals surface area contributed by atoms with Crippen molar-refractivity contribution in [2.24, 2.45) is 35.5 Å². The lowest BCUT2D eigenvalue weighted by molar-refractivity contribution is -0.00527. The van der Waals surface area contributed by atoms with Gasteiger partial charge in [0.05, 0.1) is 11.4 Å². The van der Waals surface area contributed by atoms with Crippen molar-refractivity contribution in [3.8, 4) is 22.3 Å². The first-order valence-corrected chi connectivity index (χ1v) is 29.2. The van der Waals surface area contributed by atoms with Crippen LogP contribution in [0.3, 0.4) is 0 Å². The van der Waals surface area contributed by atoms with Crippen molar-refractivity contribution in [3.63, 3.8) is 0 Å². The fourth-order valence-corrected chi connectivity index (χ4v) is 19.5. The first kappa shape index (κ1) is 42.7. The van der Waals surface area contributed by atoms with Gasteiger partial charge >= 0.3 is 6.85 Å². The van der Waals surface area contributed by atoms with Crippen LogP contribution in [0.5, 0.6) is 0 Å². The van der Waals surface area contributed by atoms with Gasteiger partial charge in [-0.15, -0.1) is 0 Å². The molecule has 0 amide bonds. The van der Waals surface area contributed by atoms with Gasteiger partial charge in [0.15, 0.2) is 5.58 Å². The minimum Gasteiger partial charge on any atom is -0.454 e. The molecule has 0 radical (unpaired) electrons. The predicted octanol–water partition coefficient (Wildman–Crippen LogP) is 17.5. The largest absolute Gasteiger partial charge is 0.454 e. The molecule has 2 aromatic heterocycles. The average Bonchev–Trinajstić information content (AvgIpc) is 4.16. The van der Waals surface area contributed by atoms with Gasteiger partial charge in [-0.05, 0) is 245 Å². The number of benzene rings is 8. The molecule has 0 unspecified atom stereocenters. The van der Waals surface area contributed by atoms with Crippen LogP contribution in [0.25, 0.3) is 76.8 Å². The molecule has 4 heterocycles. The summed E-state index contributed by atoms with van der Waals surface area (Å²) in [5.74, 6) is 5.36. The number of hydrogen-bond donors (Lipinski definition) is 0. The maximum Gasteiger partial charge on any atom is 0.333 e. The fraction of sp³-hybridized carbons (Fsp3) is 0.352. The van der Waals surface area contributed by atoms with Crippen LogP contribution in [0, 0.1) is 42.4 Å². The molecule has 10 aliphatic rings. The molecule has 8 aliphatic carbocycles. The SMILES string of the molecule is Cc1cc2c3c(c1)N(c1ccc(C(C)(C)C)cc1-c1ccccc1)c1c(ccc4c1oc1cc5ccccc5cc14)B3n1c3ccc(C45CC6CC(CC(C6)C4)C5)cc3c3cc(C45CC6CC(CC(C6)C4)C5)cc-2c31. The Morgan fingerprint density at radius 3 is 1.84 bits per heavy atom. The van der Waals surface area contributed by atoms with Crippen molar-refractivity contribution < 1.29 is 4.42 Å². The topological polar surface area (TPSA) is 21.3 Å². The van der Waals surface area contributed by atoms with Crippen LogP contribution in [0.2, 0.25) is 0 Å². The monoisotopic (exact) mass is 973 g/mol. The summed E-state index contributed by atoms with van der Waals surface area (Å²) in [6.45, 7) is 9.34. The van der Waals surface area contributed by atoms with E-state index in [9.17, 15) is 0 Å². The number of furan rings is 1. The molecule has 4 heteroatoms. The Morgan fingerprint density at radius 1 is 0.520 bits per heavy atom. The molecular weight excluding hydrogens is 908 g/mol. The molecule has 75 heavy (non-hydrogen) atoms. The van der Waals surface area contributed by atoms with Crippen molar-refractivity contribution in [1.29, 1.82) is 0 Å². The number of fused-ring (bicyclic) bond motifs is 12. The van der Waals surface area contributed by atoms with E-state index >= 15 is 0 Å². The summed E-state index contributed by atoms with van der Waals surface area (Å²) >= 11 is 0. The summed E-state index contributed by atoms with van der Waals surface area (Å²) in [4.78, 5) is 2.67. The maximum atomic E-state index is 7.45. The third-order valence-corrected chi connectivity index (χ3v) is 21.8. The molecule has 8 saturated carbocycles. The molecule has 0 saturated heterocycles. The second-order valence-electron chi connectivity index (χ2n) is 27.4. The Hall–Kier alpha value is -6.52. The van der Waals surface area contributed by atoms with Crippen molar-refractivity contribution in [2.75, 3.05) is 4.90 Å². The van der Waals surface area contributed by atoms with Crippen LogP contribution in [0.4, 0.5) is 17.1 Å². The van der Waals surface area contributed by atoms with Gasteiger partial charge in [0.25, 0.3) is 0 Å². The van der Waals surface area contributed by atoms with E-state index in [-0.39, 0.29) is 17.7 Å². The maximum absolute atomic E-state index is 7.45. The number of nitrogens with zero attached hydrogens (tertiary/aromatic N) is 2. The predicted molar refractivity (Wildman–Crippen MR) is 313 cm³/mol. The lowest BCUT2D eigenvalue weighted by Crippen LogP contribution is -2.56. The Bertz CT molecular complexity index is 4090. The Kier molecular flexibility index (Phi) is 8.25. The second-order valence-corrected chi connectivity index (χ2v) is 27.4. The highest BCUT2D eigenvalue weighted by molar-refractivity contribution is 6.90. The van der Waals surface area contributed by atoms with Crippen molar-refractivity contribution in [2.45, 2.75) is 121 Å². The van der Waals surface area contributed by atoms with Gasteiger partial charge < -0.3 is 13.8 Å². The number of anilines is 3. The van der Waals surface area contributed by atoms with Crippen LogP contribution >= 0.6 is 0 Å². The highest BCUT2D eigenvalue weighted by Gasteiger charge is 2.54. The highest BCUT2D eigenvalue weighted by atomic mass is 16.3. The van der Waals surface area contributed by atoms with Gasteiger partial charge in [-0.1, -0.05) is 106 Å². The Morgan fingerprint density at radius 2 is 1.16 bits per heavy atom. The summed E-state index contributed by atoms with van der Waals surface area (Å²) < 4.78 is 10.3. The molecule has 0 atom stereocenters. The van der Waals surface area contributed by atoms with Crippen molar-refractivity contribution in [3.05, 3.63) is 162 Å². The molecule has 10 aromatic rings. The molecule has 8 fully saturated rings. The standard InChI is InChI=1S/C71H65BN2O/c1-40-20-57-59-33-52(71-37-44-25-45(38-71)27-46(26-44)39-71)32-58-55-31-51(70-34-41-22-42(35-70)24-43(23-41)36-70)15-19-62(55)74(66(58)59)72-60-17-16-53-56-28-48-12-8-9-13-49(48)29-64(56)75-68(53)67(60)73(63(21-40)65(57)72)61-18-14-50(69(2,3)4)30-54(61)47-10-6-5-7-11-47/h5-21,28-33,41-46H,22-27,34-39H2,1-4H3. The molecule has 8 bridgehead atoms. The molecule has 3 nitrogen and oxygen atoms in total. The van der Waals surface area contributed by atoms with E-state index in [0.29, 0.717) is 5.41 Å². The summed E-state index contributed by atoms with van der Waals surface area (Å²) in [5.41, 5.74) is 22.9. The lowest BCUT2D eigenvalue weighted by atomic mass is 9.44. The van der Waals surface area contributed by atoms with Gasteiger partial charge in [-0.2, -0.15) is 0 Å². The van der Waals surface area contributed by atoms with E-state index in [2.05, 4.69) is 177 Å². The van der Waals surface area contributed by atoms with Gasteiger partial charge in [-0.3, -0.25) is 0 Å². The average molecular weight is 973 g/mol. The minimum absolute atomic E-state index is 0.0298. The summed E-state index contributed by atoms with van der Waals surface area (Å²) in [6.07, 6.45) is 17.1. The summed E-state index contributed by atoms with van der Waals surface area (Å²) in [5, 5.41) is 7.77. The quantitative estimate of drug-likeness (QED) is 0.164. The second kappa shape index (κ2) is 14.5. The van der Waals surface area contributed by atoms with Crippen molar-refractivity contribution >= 4 is 89.4 Å². The fourth-order valence-electron chi connectivity index (χ4n) is 19.5. The van der Waals surface area contributed by atoms with Crippen LogP contribution in [-0.4, -0.2) is 11.3 Å². The zero-order valence-corrected chi connectivity index (χ0v) is 44.1. The molecule has 368 valence electrons. The van der Waals surface area contributed by atoms with E-state index in [0.717, 1.165) is 52.4 Å². The number of aromatic nitrogens is 1. The van der Waals surface area contributed by atoms with E-state index < -0.39 is 0 Å². The third-order valence-electron chi connectivity index (χ3n) is 21.8. The van der Waals surface area contributed by atoms with E-state index in [1.807, 2.05) is 0 Å². The number of aryl methyl sites for hydroxylation is 1. The molecule has 0 N–H and O–H groups in total. The van der Waals surface area contributed by atoms with E-state index in [1.54, 1.807) is 11.1 Å². The van der Waals surface area contributed by atoms with Gasteiger partial charge in [-0.25, -0.2) is 0 Å². The normalized spacial score (nSPS) is 27.7. The summed E-state index contributed by atoms with van der Waals surface area (Å²) in [7, 11) is 0. The Labute approximate surface area is 441 Å². The molecule has 8 aromatic carbocycles. The highest BCUT2D eigenvalue weighted by Crippen LogP contribution is 2.64. The van der Waals surface area contributed by atoms with Crippen LogP contribution in [0.15, 0.2) is 144 Å². The first-order chi connectivity index (χ1) is 36.5. The van der Waals surface area contributed by atoms with Gasteiger partial charge in [0.1, 0.15) is 5.58 Å². The number of rotatable bonds is 4. The Balaban J connectivity index is 0.961. The van der Waals surface area contributed by atoms with E-state index in [4.69, 9.17) is 4.42 Å². The van der Waals surface area contributed by atoms with Gasteiger partial charge in [0, 0.05) is 49.4 Å². The zero-order valence-electron chi connectivity index (χ0n) is 44.1. The molecule has 20 rings (SSSR count). The van der Waals surface area contributed by atoms with Crippen molar-refractivity contribution in [1.82, 2.24) is 4.48 Å². The lowest BCUT2D eigenvalue weighted by Gasteiger charge is -2.57. The van der Waals surface area contributed by atoms with Crippen LogP contribution in [-0.2, 0) is 16.2 Å². The smallest absolute Gasteiger partial charge is 0.333 e. The van der Waals surface area contributed by atoms with Gasteiger partial charge in [0.2, 0.25) is 0 Å². The molecule has 0 spiro atoms. The van der Waals surface area contributed by atoms with Crippen LogP contribution < -0.4 is 15.8 Å². The first-order valence-electron chi connectivity index (χ1n) is 29.2. The minimum atomic E-state index is -0.0594. The summed E-state index contributed by atoms with van der Waals surface area (Å²) in [6, 6.07) is 55.5. The van der Waals surface area contributed by atoms with E-state index in [1.165, 1.54) is 176 Å². The number of hydrogen-bond acceptors (Lipinski definition) is 2. The molecule has 2 aliphatic heterocycles. The third kappa shape index (κ3) is 5.79. The zero-order chi connectivity index (χ0) is 49.4.